The monoisotopic (exact) mass is 374 g/mol. The molecule has 2 fully saturated rings. The SMILES string of the molecule is CCNCC1CCN(C(=O)CN2C(=O)NC(CC)(CC)C2=O)CC1.Cl. The molecule has 0 saturated carbocycles. The summed E-state index contributed by atoms with van der Waals surface area (Å²) in [6.45, 7) is 9.04. The Morgan fingerprint density at radius 2 is 1.80 bits per heavy atom. The van der Waals surface area contributed by atoms with Crippen molar-refractivity contribution in [3.8, 4) is 0 Å². The third kappa shape index (κ3) is 4.64. The average Bonchev–Trinajstić information content (AvgIpc) is 2.85. The minimum Gasteiger partial charge on any atom is -0.341 e. The minimum absolute atomic E-state index is 0. The third-order valence-corrected chi connectivity index (χ3v) is 5.40. The Morgan fingerprint density at radius 3 is 2.28 bits per heavy atom. The highest BCUT2D eigenvalue weighted by molar-refractivity contribution is 6.08. The fraction of sp³-hybridized carbons (Fsp3) is 0.824. The van der Waals surface area contributed by atoms with E-state index >= 15 is 0 Å². The molecule has 2 saturated heterocycles. The van der Waals surface area contributed by atoms with Gasteiger partial charge in [0.15, 0.2) is 0 Å². The van der Waals surface area contributed by atoms with Gasteiger partial charge < -0.3 is 15.5 Å². The van der Waals surface area contributed by atoms with Gasteiger partial charge in [-0.3, -0.25) is 14.5 Å². The molecule has 25 heavy (non-hydrogen) atoms. The second-order valence-electron chi connectivity index (χ2n) is 6.74. The molecule has 2 N–H and O–H groups in total. The number of hydrogen-bond donors (Lipinski definition) is 2. The number of nitrogens with one attached hydrogen (secondary N) is 2. The van der Waals surface area contributed by atoms with Gasteiger partial charge in [0.05, 0.1) is 0 Å². The van der Waals surface area contributed by atoms with Gasteiger partial charge in [0, 0.05) is 13.1 Å². The molecule has 144 valence electrons. The molecular weight excluding hydrogens is 344 g/mol. The van der Waals surface area contributed by atoms with Crippen LogP contribution < -0.4 is 10.6 Å². The van der Waals surface area contributed by atoms with Crippen LogP contribution >= 0.6 is 12.4 Å². The molecule has 0 atom stereocenters. The summed E-state index contributed by atoms with van der Waals surface area (Å²) in [6, 6.07) is -0.445. The maximum absolute atomic E-state index is 12.6. The normalized spacial score (nSPS) is 20.4. The molecule has 2 aliphatic heterocycles. The Hall–Kier alpha value is -1.34. The number of imide groups is 1. The lowest BCUT2D eigenvalue weighted by molar-refractivity contribution is -0.139. The summed E-state index contributed by atoms with van der Waals surface area (Å²) < 4.78 is 0. The zero-order valence-electron chi connectivity index (χ0n) is 15.5. The van der Waals surface area contributed by atoms with Gasteiger partial charge >= 0.3 is 6.03 Å². The van der Waals surface area contributed by atoms with Crippen LogP contribution in [-0.2, 0) is 9.59 Å². The molecule has 7 nitrogen and oxygen atoms in total. The number of likely N-dealkylation sites (tertiary alicyclic amines) is 1. The summed E-state index contributed by atoms with van der Waals surface area (Å²) in [4.78, 5) is 40.0. The van der Waals surface area contributed by atoms with Gasteiger partial charge in [-0.15, -0.1) is 12.4 Å². The lowest BCUT2D eigenvalue weighted by Gasteiger charge is -2.33. The van der Waals surface area contributed by atoms with Crippen molar-refractivity contribution >= 4 is 30.3 Å². The van der Waals surface area contributed by atoms with E-state index in [0.717, 1.165) is 30.8 Å². The molecule has 8 heteroatoms. The van der Waals surface area contributed by atoms with Crippen LogP contribution in [0.2, 0.25) is 0 Å². The van der Waals surface area contributed by atoms with Crippen LogP contribution in [0.15, 0.2) is 0 Å². The first-order chi connectivity index (χ1) is 11.5. The van der Waals surface area contributed by atoms with Crippen LogP contribution in [0.25, 0.3) is 0 Å². The van der Waals surface area contributed by atoms with Crippen molar-refractivity contribution in [3.05, 3.63) is 0 Å². The number of halogens is 1. The maximum atomic E-state index is 12.6. The molecule has 4 amide bonds. The van der Waals surface area contributed by atoms with Crippen LogP contribution in [0.4, 0.5) is 4.79 Å². The van der Waals surface area contributed by atoms with Crippen molar-refractivity contribution in [2.45, 2.75) is 52.0 Å². The Labute approximate surface area is 156 Å². The second-order valence-corrected chi connectivity index (χ2v) is 6.74. The van der Waals surface area contributed by atoms with Gasteiger partial charge in [-0.05, 0) is 44.7 Å². The third-order valence-electron chi connectivity index (χ3n) is 5.40. The Balaban J connectivity index is 0.00000312. The van der Waals surface area contributed by atoms with Crippen LogP contribution in [0.5, 0.6) is 0 Å². The zero-order chi connectivity index (χ0) is 17.7. The van der Waals surface area contributed by atoms with Gasteiger partial charge in [-0.2, -0.15) is 0 Å². The van der Waals surface area contributed by atoms with E-state index in [1.165, 1.54) is 0 Å². The molecule has 2 aliphatic rings. The van der Waals surface area contributed by atoms with E-state index in [0.29, 0.717) is 31.8 Å². The maximum Gasteiger partial charge on any atom is 0.325 e. The highest BCUT2D eigenvalue weighted by atomic mass is 35.5. The van der Waals surface area contributed by atoms with E-state index in [1.54, 1.807) is 4.90 Å². The Bertz CT molecular complexity index is 488. The Morgan fingerprint density at radius 1 is 1.20 bits per heavy atom. The van der Waals surface area contributed by atoms with Crippen molar-refractivity contribution in [1.82, 2.24) is 20.4 Å². The molecule has 0 aromatic heterocycles. The van der Waals surface area contributed by atoms with Crippen molar-refractivity contribution in [2.24, 2.45) is 5.92 Å². The van der Waals surface area contributed by atoms with E-state index in [9.17, 15) is 14.4 Å². The summed E-state index contributed by atoms with van der Waals surface area (Å²) in [5.74, 6) is 0.190. The fourth-order valence-corrected chi connectivity index (χ4v) is 3.52. The number of amides is 4. The average molecular weight is 375 g/mol. The lowest BCUT2D eigenvalue weighted by atomic mass is 9.93. The number of carbonyl (C=O) groups excluding carboxylic acids is 3. The van der Waals surface area contributed by atoms with Crippen LogP contribution in [0.3, 0.4) is 0 Å². The minimum atomic E-state index is -0.837. The Kier molecular flexibility index (Phi) is 8.15. The predicted octanol–water partition coefficient (Wildman–Crippen LogP) is 1.37. The number of piperidine rings is 1. The second kappa shape index (κ2) is 9.38. The van der Waals surface area contributed by atoms with Crippen molar-refractivity contribution in [3.63, 3.8) is 0 Å². The van der Waals surface area contributed by atoms with E-state index in [2.05, 4.69) is 17.6 Å². The van der Waals surface area contributed by atoms with Gasteiger partial charge in [0.2, 0.25) is 5.91 Å². The number of urea groups is 1. The first-order valence-electron chi connectivity index (χ1n) is 9.10. The quantitative estimate of drug-likeness (QED) is 0.659. The van der Waals surface area contributed by atoms with Gasteiger partial charge in [-0.25, -0.2) is 4.79 Å². The summed E-state index contributed by atoms with van der Waals surface area (Å²) in [7, 11) is 0. The van der Waals surface area contributed by atoms with E-state index < -0.39 is 11.6 Å². The van der Waals surface area contributed by atoms with Gasteiger partial charge in [0.1, 0.15) is 12.1 Å². The van der Waals surface area contributed by atoms with Crippen molar-refractivity contribution in [1.29, 1.82) is 0 Å². The van der Waals surface area contributed by atoms with Crippen LogP contribution in [0, 0.1) is 5.92 Å². The largest absolute Gasteiger partial charge is 0.341 e. The van der Waals surface area contributed by atoms with Crippen LogP contribution in [-0.4, -0.2) is 65.9 Å². The highest BCUT2D eigenvalue weighted by Crippen LogP contribution is 2.25. The van der Waals surface area contributed by atoms with Crippen LogP contribution in [0.1, 0.15) is 46.5 Å². The topological polar surface area (TPSA) is 81.8 Å². The van der Waals surface area contributed by atoms with E-state index in [1.807, 2.05) is 13.8 Å². The van der Waals surface area contributed by atoms with Crippen molar-refractivity contribution in [2.75, 3.05) is 32.7 Å². The first kappa shape index (κ1) is 21.7. The zero-order valence-corrected chi connectivity index (χ0v) is 16.3. The molecule has 0 aliphatic carbocycles. The van der Waals surface area contributed by atoms with Gasteiger partial charge in [-0.1, -0.05) is 20.8 Å². The lowest BCUT2D eigenvalue weighted by Crippen LogP contribution is -2.48. The summed E-state index contributed by atoms with van der Waals surface area (Å²) in [5.41, 5.74) is -0.837. The smallest absolute Gasteiger partial charge is 0.325 e. The molecule has 0 unspecified atom stereocenters. The number of rotatable bonds is 7. The summed E-state index contributed by atoms with van der Waals surface area (Å²) in [6.07, 6.45) is 3.00. The number of hydrogen-bond acceptors (Lipinski definition) is 4. The molecule has 0 bridgehead atoms. The molecule has 0 aromatic carbocycles. The summed E-state index contributed by atoms with van der Waals surface area (Å²) >= 11 is 0. The molecule has 0 spiro atoms. The van der Waals surface area contributed by atoms with E-state index in [4.69, 9.17) is 0 Å². The molecule has 0 aromatic rings. The number of carbonyl (C=O) groups is 3. The molecule has 2 heterocycles. The molecule has 0 radical (unpaired) electrons. The van der Waals surface area contributed by atoms with E-state index in [-0.39, 0.29) is 30.8 Å². The molecular formula is C17H31ClN4O3. The van der Waals surface area contributed by atoms with Gasteiger partial charge in [0.25, 0.3) is 5.91 Å². The predicted molar refractivity (Wildman–Crippen MR) is 98.7 cm³/mol. The molecule has 2 rings (SSSR count). The first-order valence-corrected chi connectivity index (χ1v) is 9.10. The highest BCUT2D eigenvalue weighted by Gasteiger charge is 2.49. The van der Waals surface area contributed by atoms with Crippen molar-refractivity contribution < 1.29 is 14.4 Å². The standard InChI is InChI=1S/C17H30N4O3.ClH/c1-4-17(5-2)15(23)21(16(24)19-17)12-14(22)20-9-7-13(8-10-20)11-18-6-3;/h13,18H,4-12H2,1-3H3,(H,19,24);1H. The summed E-state index contributed by atoms with van der Waals surface area (Å²) in [5, 5.41) is 6.11. The fourth-order valence-electron chi connectivity index (χ4n) is 3.52. The number of nitrogens with zero attached hydrogens (tertiary/aromatic N) is 2.